The topological polar surface area (TPSA) is 110 Å². The van der Waals surface area contributed by atoms with Crippen molar-refractivity contribution in [2.24, 2.45) is 5.10 Å². The molecule has 9 heteroatoms. The highest BCUT2D eigenvalue weighted by Gasteiger charge is 2.12. The van der Waals surface area contributed by atoms with Gasteiger partial charge in [0.2, 0.25) is 11.1 Å². The third kappa shape index (κ3) is 5.32. The minimum atomic E-state index is -0.159. The van der Waals surface area contributed by atoms with Gasteiger partial charge in [-0.2, -0.15) is 5.10 Å². The number of nitrogens with zero attached hydrogens (tertiary/aromatic N) is 4. The maximum atomic E-state index is 12.4. The van der Waals surface area contributed by atoms with Crippen LogP contribution < -0.4 is 16.6 Å². The number of nitrogens with one attached hydrogen (secondary N) is 2. The van der Waals surface area contributed by atoms with E-state index in [-0.39, 0.29) is 17.6 Å². The highest BCUT2D eigenvalue weighted by atomic mass is 32.2. The van der Waals surface area contributed by atoms with Gasteiger partial charge in [0.15, 0.2) is 0 Å². The van der Waals surface area contributed by atoms with E-state index in [0.29, 0.717) is 5.16 Å². The number of hydrazone groups is 1. The number of thioether (sulfide) groups is 1. The van der Waals surface area contributed by atoms with E-state index in [1.165, 1.54) is 16.4 Å². The Hall–Kier alpha value is -4.11. The van der Waals surface area contributed by atoms with Gasteiger partial charge in [-0.25, -0.2) is 10.1 Å². The summed E-state index contributed by atoms with van der Waals surface area (Å²) >= 11 is 1.19. The predicted molar refractivity (Wildman–Crippen MR) is 131 cm³/mol. The van der Waals surface area contributed by atoms with Crippen molar-refractivity contribution in [1.29, 1.82) is 0 Å². The van der Waals surface area contributed by atoms with Crippen LogP contribution in [0.2, 0.25) is 0 Å². The van der Waals surface area contributed by atoms with Gasteiger partial charge < -0.3 is 11.2 Å². The van der Waals surface area contributed by atoms with Gasteiger partial charge in [0, 0.05) is 17.3 Å². The first-order chi connectivity index (χ1) is 15.7. The van der Waals surface area contributed by atoms with Crippen LogP contribution in [0.3, 0.4) is 0 Å². The SMILES string of the molecule is Nn1c(N/N=C/C=C/c2ccccc2)nnc1SCC(=O)Nc1cccc2ccccc12. The molecule has 0 saturated carbocycles. The molecule has 0 aliphatic rings. The van der Waals surface area contributed by atoms with Crippen LogP contribution in [-0.2, 0) is 4.79 Å². The fourth-order valence-electron chi connectivity index (χ4n) is 2.96. The Balaban J connectivity index is 1.30. The number of hydrogen-bond donors (Lipinski definition) is 3. The van der Waals surface area contributed by atoms with Crippen molar-refractivity contribution in [3.8, 4) is 0 Å². The first-order valence-corrected chi connectivity index (χ1v) is 10.8. The van der Waals surface area contributed by atoms with Gasteiger partial charge in [-0.1, -0.05) is 84.6 Å². The van der Waals surface area contributed by atoms with Gasteiger partial charge in [-0.05, 0) is 23.1 Å². The van der Waals surface area contributed by atoms with Gasteiger partial charge in [-0.15, -0.1) is 10.2 Å². The van der Waals surface area contributed by atoms with Gasteiger partial charge in [-0.3, -0.25) is 4.79 Å². The third-order valence-corrected chi connectivity index (χ3v) is 5.42. The second kappa shape index (κ2) is 10.3. The number of nitrogen functional groups attached to an aromatic ring is 1. The lowest BCUT2D eigenvalue weighted by Gasteiger charge is -2.08. The highest BCUT2D eigenvalue weighted by Crippen LogP contribution is 2.23. The van der Waals surface area contributed by atoms with Crippen molar-refractivity contribution in [1.82, 2.24) is 14.9 Å². The van der Waals surface area contributed by atoms with Crippen molar-refractivity contribution in [2.45, 2.75) is 5.16 Å². The van der Waals surface area contributed by atoms with Gasteiger partial charge in [0.1, 0.15) is 0 Å². The molecule has 1 heterocycles. The van der Waals surface area contributed by atoms with Crippen molar-refractivity contribution in [3.63, 3.8) is 0 Å². The highest BCUT2D eigenvalue weighted by molar-refractivity contribution is 7.99. The number of carbonyl (C=O) groups is 1. The summed E-state index contributed by atoms with van der Waals surface area (Å²) in [6.07, 6.45) is 5.31. The van der Waals surface area contributed by atoms with Gasteiger partial charge >= 0.3 is 0 Å². The van der Waals surface area contributed by atoms with Crippen LogP contribution in [0.1, 0.15) is 5.56 Å². The van der Waals surface area contributed by atoms with Crippen molar-refractivity contribution in [3.05, 3.63) is 84.4 Å². The molecule has 8 nitrogen and oxygen atoms in total. The summed E-state index contributed by atoms with van der Waals surface area (Å²) in [6, 6.07) is 23.6. The van der Waals surface area contributed by atoms with Gasteiger partial charge in [0.05, 0.1) is 5.75 Å². The number of amides is 1. The van der Waals surface area contributed by atoms with E-state index < -0.39 is 0 Å². The molecule has 0 unspecified atom stereocenters. The number of anilines is 2. The number of hydrogen-bond acceptors (Lipinski definition) is 7. The molecular formula is C23H21N7OS. The zero-order chi connectivity index (χ0) is 22.2. The molecule has 0 fully saturated rings. The number of nitrogens with two attached hydrogens (primary N) is 1. The molecule has 3 aromatic carbocycles. The van der Waals surface area contributed by atoms with E-state index in [0.717, 1.165) is 22.0 Å². The molecule has 1 amide bonds. The summed E-state index contributed by atoms with van der Waals surface area (Å²) in [5.41, 5.74) is 4.57. The summed E-state index contributed by atoms with van der Waals surface area (Å²) in [5.74, 6) is 6.26. The van der Waals surface area contributed by atoms with E-state index >= 15 is 0 Å². The number of benzene rings is 3. The largest absolute Gasteiger partial charge is 0.334 e. The quantitative estimate of drug-likeness (QED) is 0.164. The summed E-state index contributed by atoms with van der Waals surface area (Å²) in [5, 5.41) is 17.4. The van der Waals surface area contributed by atoms with E-state index in [1.807, 2.05) is 78.9 Å². The molecule has 0 saturated heterocycles. The monoisotopic (exact) mass is 443 g/mol. The molecule has 0 bridgehead atoms. The minimum Gasteiger partial charge on any atom is -0.334 e. The maximum Gasteiger partial charge on any atom is 0.264 e. The van der Waals surface area contributed by atoms with E-state index in [4.69, 9.17) is 5.84 Å². The molecular weight excluding hydrogens is 422 g/mol. The Morgan fingerprint density at radius 3 is 2.69 bits per heavy atom. The average molecular weight is 444 g/mol. The lowest BCUT2D eigenvalue weighted by atomic mass is 10.1. The average Bonchev–Trinajstić information content (AvgIpc) is 3.17. The normalized spacial score (nSPS) is 11.4. The predicted octanol–water partition coefficient (Wildman–Crippen LogP) is 3.99. The van der Waals surface area contributed by atoms with Crippen LogP contribution in [0.15, 0.2) is 89.1 Å². The standard InChI is InChI=1S/C23H21N7OS/c24-30-22(27-25-15-7-10-17-8-2-1-3-9-17)28-29-23(30)32-16-21(31)26-20-14-6-12-18-11-4-5-13-19(18)20/h1-15H,16,24H2,(H,26,31)(H,27,28)/b10-7+,25-15+. The van der Waals surface area contributed by atoms with Crippen LogP contribution in [0, 0.1) is 0 Å². The van der Waals surface area contributed by atoms with Crippen LogP contribution in [0.5, 0.6) is 0 Å². The lowest BCUT2D eigenvalue weighted by molar-refractivity contribution is -0.113. The molecule has 0 radical (unpaired) electrons. The Morgan fingerprint density at radius 2 is 1.81 bits per heavy atom. The second-order valence-electron chi connectivity index (χ2n) is 6.70. The Bertz CT molecular complexity index is 1260. The molecule has 0 aliphatic heterocycles. The number of rotatable bonds is 8. The smallest absolute Gasteiger partial charge is 0.264 e. The van der Waals surface area contributed by atoms with Crippen molar-refractivity contribution >= 4 is 52.4 Å². The number of aromatic nitrogens is 3. The van der Waals surface area contributed by atoms with E-state index in [2.05, 4.69) is 26.0 Å². The molecule has 4 aromatic rings. The van der Waals surface area contributed by atoms with Crippen molar-refractivity contribution < 1.29 is 4.79 Å². The van der Waals surface area contributed by atoms with Crippen molar-refractivity contribution in [2.75, 3.05) is 22.3 Å². The van der Waals surface area contributed by atoms with Crippen LogP contribution in [0.4, 0.5) is 11.6 Å². The molecule has 32 heavy (non-hydrogen) atoms. The maximum absolute atomic E-state index is 12.4. The molecule has 4 rings (SSSR count). The minimum absolute atomic E-state index is 0.141. The summed E-state index contributed by atoms with van der Waals surface area (Å²) in [7, 11) is 0. The molecule has 0 atom stereocenters. The first-order valence-electron chi connectivity index (χ1n) is 9.82. The Morgan fingerprint density at radius 1 is 1.03 bits per heavy atom. The fraction of sp³-hybridized carbons (Fsp3) is 0.0435. The lowest BCUT2D eigenvalue weighted by Crippen LogP contribution is -2.17. The summed E-state index contributed by atoms with van der Waals surface area (Å²) in [6.45, 7) is 0. The second-order valence-corrected chi connectivity index (χ2v) is 7.64. The summed E-state index contributed by atoms with van der Waals surface area (Å²) < 4.78 is 1.26. The fourth-order valence-corrected chi connectivity index (χ4v) is 3.62. The Labute approximate surface area is 189 Å². The molecule has 0 spiro atoms. The zero-order valence-electron chi connectivity index (χ0n) is 17.1. The zero-order valence-corrected chi connectivity index (χ0v) is 17.9. The summed E-state index contributed by atoms with van der Waals surface area (Å²) in [4.78, 5) is 12.4. The van der Waals surface area contributed by atoms with Gasteiger partial charge in [0.25, 0.3) is 5.95 Å². The molecule has 4 N–H and O–H groups in total. The molecule has 160 valence electrons. The van der Waals surface area contributed by atoms with E-state index in [1.54, 1.807) is 12.3 Å². The van der Waals surface area contributed by atoms with E-state index in [9.17, 15) is 4.79 Å². The molecule has 0 aliphatic carbocycles. The van der Waals surface area contributed by atoms with Crippen LogP contribution in [-0.4, -0.2) is 32.7 Å². The third-order valence-electron chi connectivity index (χ3n) is 4.47. The number of allylic oxidation sites excluding steroid dienone is 1. The number of fused-ring (bicyclic) bond motifs is 1. The number of carbonyl (C=O) groups excluding carboxylic acids is 1. The molecule has 1 aromatic heterocycles. The van der Waals surface area contributed by atoms with Crippen LogP contribution >= 0.6 is 11.8 Å². The first kappa shape index (κ1) is 21.1. The Kier molecular flexibility index (Phi) is 6.78. The van der Waals surface area contributed by atoms with Crippen LogP contribution in [0.25, 0.3) is 16.8 Å².